The third-order valence-electron chi connectivity index (χ3n) is 6.35. The number of nitrogen functional groups attached to an aromatic ring is 1. The normalized spacial score (nSPS) is 18.9. The third-order valence-corrected chi connectivity index (χ3v) is 7.46. The maximum atomic E-state index is 12.9. The van der Waals surface area contributed by atoms with Crippen LogP contribution >= 0.6 is 11.3 Å². The molecule has 33 heavy (non-hydrogen) atoms. The average molecular weight is 471 g/mol. The zero-order valence-corrected chi connectivity index (χ0v) is 20.0. The van der Waals surface area contributed by atoms with E-state index in [1.54, 1.807) is 6.92 Å². The van der Waals surface area contributed by atoms with Gasteiger partial charge in [0.05, 0.1) is 17.6 Å². The summed E-state index contributed by atoms with van der Waals surface area (Å²) in [5.41, 5.74) is 9.94. The second-order valence-electron chi connectivity index (χ2n) is 8.89. The van der Waals surface area contributed by atoms with Crippen molar-refractivity contribution in [3.63, 3.8) is 0 Å². The van der Waals surface area contributed by atoms with Crippen LogP contribution in [0.25, 0.3) is 10.2 Å². The highest BCUT2D eigenvalue weighted by atomic mass is 32.1. The number of aryl methyl sites for hydroxylation is 1. The molecule has 0 radical (unpaired) electrons. The summed E-state index contributed by atoms with van der Waals surface area (Å²) in [5.74, 6) is -0.443. The van der Waals surface area contributed by atoms with E-state index in [4.69, 9.17) is 15.6 Å². The number of nitrogens with one attached hydrogen (secondary N) is 1. The summed E-state index contributed by atoms with van der Waals surface area (Å²) in [4.78, 5) is 31.8. The highest BCUT2D eigenvalue weighted by molar-refractivity contribution is 7.21. The molecule has 1 aliphatic carbocycles. The molecule has 0 saturated heterocycles. The number of rotatable bonds is 7. The van der Waals surface area contributed by atoms with Gasteiger partial charge in [-0.3, -0.25) is 9.59 Å². The molecule has 2 aliphatic rings. The monoisotopic (exact) mass is 470 g/mol. The summed E-state index contributed by atoms with van der Waals surface area (Å²) in [7, 11) is 1.99. The molecule has 0 aromatic carbocycles. The number of ether oxygens (including phenoxy) is 1. The number of allylic oxidation sites excluding steroid dienone is 2. The number of pyridine rings is 1. The van der Waals surface area contributed by atoms with Gasteiger partial charge in [0, 0.05) is 30.4 Å². The van der Waals surface area contributed by atoms with Gasteiger partial charge in [-0.05, 0) is 56.4 Å². The lowest BCUT2D eigenvalue weighted by atomic mass is 9.92. The maximum absolute atomic E-state index is 12.9. The van der Waals surface area contributed by atoms with Crippen molar-refractivity contribution in [2.75, 3.05) is 25.9 Å². The van der Waals surface area contributed by atoms with Gasteiger partial charge in [-0.15, -0.1) is 11.3 Å². The van der Waals surface area contributed by atoms with Crippen LogP contribution in [0.3, 0.4) is 0 Å². The Hall–Kier alpha value is -3.07. The number of nitrogens with zero attached hydrogens (tertiary/aromatic N) is 2. The Bertz CT molecular complexity index is 1150. The van der Waals surface area contributed by atoms with E-state index in [0.29, 0.717) is 30.1 Å². The highest BCUT2D eigenvalue weighted by Gasteiger charge is 2.28. The fraction of sp³-hybridized carbons (Fsp3) is 0.458. The largest absolute Gasteiger partial charge is 0.491 e. The van der Waals surface area contributed by atoms with Gasteiger partial charge in [0.15, 0.2) is 0 Å². The van der Waals surface area contributed by atoms with Gasteiger partial charge < -0.3 is 25.8 Å². The molecule has 9 heteroatoms. The Kier molecular flexibility index (Phi) is 6.60. The molecule has 3 heterocycles. The van der Waals surface area contributed by atoms with Crippen LogP contribution in [-0.2, 0) is 9.53 Å². The quantitative estimate of drug-likeness (QED) is 0.565. The number of aromatic nitrogens is 1. The van der Waals surface area contributed by atoms with Gasteiger partial charge >= 0.3 is 5.97 Å². The Morgan fingerprint density at radius 2 is 2.18 bits per heavy atom. The second-order valence-corrected chi connectivity index (χ2v) is 9.89. The standard InChI is InChI=1S/C24H30N4O4S/c1-13(24(30)31)8-9-28(3)17-6-5-15-10-16(12-32-19(15)11-17)27-22(29)21-20(25)18-7-4-14(2)26-23(18)33-21/h4,7,11,13,16H,5-6,8-10,12,25H2,1-3H3,(H,27,29)(H,30,31). The van der Waals surface area contributed by atoms with Gasteiger partial charge in [0.2, 0.25) is 0 Å². The Morgan fingerprint density at radius 1 is 1.39 bits per heavy atom. The number of thiophene rings is 1. The van der Waals surface area contributed by atoms with Crippen LogP contribution in [0.5, 0.6) is 0 Å². The lowest BCUT2D eigenvalue weighted by Gasteiger charge is -2.33. The van der Waals surface area contributed by atoms with Crippen molar-refractivity contribution in [2.45, 2.75) is 45.6 Å². The van der Waals surface area contributed by atoms with Crippen molar-refractivity contribution in [2.24, 2.45) is 5.92 Å². The molecule has 8 nitrogen and oxygen atoms in total. The molecule has 4 rings (SSSR count). The fourth-order valence-electron chi connectivity index (χ4n) is 4.18. The zero-order chi connectivity index (χ0) is 23.7. The summed E-state index contributed by atoms with van der Waals surface area (Å²) in [6.07, 6.45) is 5.13. The predicted octanol–water partition coefficient (Wildman–Crippen LogP) is 3.68. The van der Waals surface area contributed by atoms with E-state index in [2.05, 4.69) is 21.3 Å². The smallest absolute Gasteiger partial charge is 0.306 e. The number of nitrogens with two attached hydrogens (primary N) is 1. The van der Waals surface area contributed by atoms with Crippen LogP contribution < -0.4 is 11.1 Å². The average Bonchev–Trinajstić information content (AvgIpc) is 3.12. The van der Waals surface area contributed by atoms with Gasteiger partial charge in [0.25, 0.3) is 5.91 Å². The second kappa shape index (κ2) is 9.43. The van der Waals surface area contributed by atoms with Gasteiger partial charge in [-0.2, -0.15) is 0 Å². The number of carbonyl (C=O) groups is 2. The summed E-state index contributed by atoms with van der Waals surface area (Å²) in [5, 5.41) is 13.0. The van der Waals surface area contributed by atoms with Gasteiger partial charge in [-0.1, -0.05) is 6.92 Å². The van der Waals surface area contributed by atoms with Crippen LogP contribution in [0.1, 0.15) is 48.0 Å². The van der Waals surface area contributed by atoms with Crippen molar-refractivity contribution in [1.82, 2.24) is 15.2 Å². The Morgan fingerprint density at radius 3 is 2.94 bits per heavy atom. The van der Waals surface area contributed by atoms with Gasteiger partial charge in [-0.25, -0.2) is 4.98 Å². The van der Waals surface area contributed by atoms with Crippen molar-refractivity contribution in [3.8, 4) is 0 Å². The lowest BCUT2D eigenvalue weighted by Crippen LogP contribution is -2.40. The van der Waals surface area contributed by atoms with Crippen molar-refractivity contribution in [1.29, 1.82) is 0 Å². The SMILES string of the molecule is Cc1ccc2c(N)c(C(=O)NC3COC4=C(CCC(N(C)CCC(C)C(=O)O)=C4)C3)sc2n1. The molecule has 1 aliphatic heterocycles. The van der Waals surface area contributed by atoms with E-state index < -0.39 is 5.97 Å². The summed E-state index contributed by atoms with van der Waals surface area (Å²) in [6, 6.07) is 3.69. The van der Waals surface area contributed by atoms with Crippen LogP contribution in [0, 0.1) is 12.8 Å². The Balaban J connectivity index is 1.39. The Labute approximate surface area is 197 Å². The molecule has 2 atom stereocenters. The molecule has 2 aromatic rings. The minimum atomic E-state index is -0.765. The van der Waals surface area contributed by atoms with E-state index in [0.717, 1.165) is 46.6 Å². The zero-order valence-electron chi connectivity index (χ0n) is 19.2. The number of amides is 1. The number of aliphatic carboxylic acids is 1. The van der Waals surface area contributed by atoms with Crippen LogP contribution in [0.2, 0.25) is 0 Å². The molecule has 0 spiro atoms. The fourth-order valence-corrected chi connectivity index (χ4v) is 5.22. The minimum absolute atomic E-state index is 0.111. The van der Waals surface area contributed by atoms with E-state index in [9.17, 15) is 9.59 Å². The first-order valence-corrected chi connectivity index (χ1v) is 12.0. The van der Waals surface area contributed by atoms with E-state index in [-0.39, 0.29) is 17.9 Å². The summed E-state index contributed by atoms with van der Waals surface area (Å²) in [6.45, 7) is 4.73. The number of carbonyl (C=O) groups excluding carboxylic acids is 1. The maximum Gasteiger partial charge on any atom is 0.306 e. The molecular weight excluding hydrogens is 440 g/mol. The number of hydrogen-bond acceptors (Lipinski definition) is 7. The number of carboxylic acids is 1. The molecule has 0 saturated carbocycles. The molecule has 1 amide bonds. The highest BCUT2D eigenvalue weighted by Crippen LogP contribution is 2.34. The van der Waals surface area contributed by atoms with Crippen molar-refractivity contribution < 1.29 is 19.4 Å². The van der Waals surface area contributed by atoms with Crippen molar-refractivity contribution >= 4 is 39.1 Å². The van der Waals surface area contributed by atoms with E-state index in [1.165, 1.54) is 16.9 Å². The van der Waals surface area contributed by atoms with Crippen LogP contribution in [0.4, 0.5) is 5.69 Å². The van der Waals surface area contributed by atoms with E-state index >= 15 is 0 Å². The first-order chi connectivity index (χ1) is 15.7. The number of carboxylic acid groups (broad SMARTS) is 1. The predicted molar refractivity (Wildman–Crippen MR) is 129 cm³/mol. The van der Waals surface area contributed by atoms with Gasteiger partial charge in [0.1, 0.15) is 22.1 Å². The topological polar surface area (TPSA) is 118 Å². The summed E-state index contributed by atoms with van der Waals surface area (Å²) >= 11 is 1.32. The van der Waals surface area contributed by atoms with Crippen molar-refractivity contribution in [3.05, 3.63) is 45.8 Å². The number of hydrogen-bond donors (Lipinski definition) is 3. The molecule has 2 unspecified atom stereocenters. The molecule has 0 bridgehead atoms. The molecule has 0 fully saturated rings. The first kappa shape index (κ1) is 23.1. The molecule has 4 N–H and O–H groups in total. The molecular formula is C24H30N4O4S. The first-order valence-electron chi connectivity index (χ1n) is 11.2. The number of anilines is 1. The minimum Gasteiger partial charge on any atom is -0.491 e. The van der Waals surface area contributed by atoms with E-state index in [1.807, 2.05) is 26.1 Å². The number of fused-ring (bicyclic) bond motifs is 1. The summed E-state index contributed by atoms with van der Waals surface area (Å²) < 4.78 is 6.01. The third kappa shape index (κ3) is 4.98. The lowest BCUT2D eigenvalue weighted by molar-refractivity contribution is -0.141. The van der Waals surface area contributed by atoms with Crippen LogP contribution in [-0.4, -0.2) is 53.1 Å². The molecule has 176 valence electrons. The van der Waals surface area contributed by atoms with Crippen LogP contribution in [0.15, 0.2) is 35.2 Å². The molecule has 2 aromatic heterocycles.